The molecule has 6 nitrogen and oxygen atoms in total. The van der Waals surface area contributed by atoms with E-state index in [9.17, 15) is 22.8 Å². The van der Waals surface area contributed by atoms with Crippen molar-refractivity contribution >= 4 is 23.3 Å². The minimum atomic E-state index is -4.82. The molecule has 1 aliphatic carbocycles. The Morgan fingerprint density at radius 1 is 1.19 bits per heavy atom. The molecule has 1 spiro atoms. The van der Waals surface area contributed by atoms with Crippen LogP contribution >= 0.6 is 0 Å². The van der Waals surface area contributed by atoms with E-state index in [2.05, 4.69) is 23.6 Å². The van der Waals surface area contributed by atoms with E-state index < -0.39 is 23.7 Å². The van der Waals surface area contributed by atoms with Crippen LogP contribution in [-0.2, 0) is 11.2 Å². The monoisotopic (exact) mass is 433 g/mol. The summed E-state index contributed by atoms with van der Waals surface area (Å²) in [6.45, 7) is 6.02. The minimum Gasteiger partial charge on any atom is -0.406 e. The van der Waals surface area contributed by atoms with Crippen molar-refractivity contribution in [1.29, 1.82) is 0 Å². The third-order valence-electron chi connectivity index (χ3n) is 5.70. The molecule has 2 fully saturated rings. The molecule has 9 heteroatoms. The van der Waals surface area contributed by atoms with E-state index in [4.69, 9.17) is 0 Å². The topological polar surface area (TPSA) is 62.7 Å². The second-order valence-corrected chi connectivity index (χ2v) is 8.43. The fraction of sp³-hybridized carbons (Fsp3) is 0.409. The van der Waals surface area contributed by atoms with Gasteiger partial charge in [0.2, 0.25) is 0 Å². The number of imide groups is 1. The Morgan fingerprint density at radius 2 is 1.84 bits per heavy atom. The number of ether oxygens (including phenoxy) is 1. The van der Waals surface area contributed by atoms with Crippen molar-refractivity contribution < 1.29 is 27.5 Å². The van der Waals surface area contributed by atoms with Crippen LogP contribution in [0.4, 0.5) is 29.3 Å². The molecule has 1 aromatic carbocycles. The first-order valence-electron chi connectivity index (χ1n) is 10.0. The first-order valence-corrected chi connectivity index (χ1v) is 10.0. The van der Waals surface area contributed by atoms with Gasteiger partial charge in [0.05, 0.1) is 11.4 Å². The van der Waals surface area contributed by atoms with Gasteiger partial charge in [-0.25, -0.2) is 9.69 Å². The molecular weight excluding hydrogens is 411 g/mol. The SMILES string of the molecule is CC(C)Cc1cnccc1N1C(=O)N(c2ccc(OC(F)(F)F)cc2)C(=O)C12CC2C. The largest absolute Gasteiger partial charge is 0.573 e. The highest BCUT2D eigenvalue weighted by molar-refractivity contribution is 6.32. The van der Waals surface area contributed by atoms with Crippen molar-refractivity contribution in [3.05, 3.63) is 48.3 Å². The lowest BCUT2D eigenvalue weighted by Crippen LogP contribution is -2.39. The molecule has 2 unspecified atom stereocenters. The van der Waals surface area contributed by atoms with E-state index >= 15 is 0 Å². The van der Waals surface area contributed by atoms with E-state index in [0.717, 1.165) is 22.6 Å². The molecule has 2 heterocycles. The summed E-state index contributed by atoms with van der Waals surface area (Å²) in [4.78, 5) is 33.6. The van der Waals surface area contributed by atoms with Crippen LogP contribution < -0.4 is 14.5 Å². The zero-order valence-electron chi connectivity index (χ0n) is 17.3. The number of pyridine rings is 1. The number of hydrogen-bond acceptors (Lipinski definition) is 4. The summed E-state index contributed by atoms with van der Waals surface area (Å²) < 4.78 is 41.2. The zero-order valence-corrected chi connectivity index (χ0v) is 17.3. The first-order chi connectivity index (χ1) is 14.5. The van der Waals surface area contributed by atoms with Gasteiger partial charge in [0.1, 0.15) is 11.3 Å². The smallest absolute Gasteiger partial charge is 0.406 e. The van der Waals surface area contributed by atoms with Crippen molar-refractivity contribution in [2.45, 2.75) is 45.5 Å². The first kappa shape index (κ1) is 21.1. The quantitative estimate of drug-likeness (QED) is 0.628. The summed E-state index contributed by atoms with van der Waals surface area (Å²) in [5.74, 6) is -0.514. The molecular formula is C22H22F3N3O3. The maximum atomic E-state index is 13.5. The van der Waals surface area contributed by atoms with E-state index in [1.807, 2.05) is 6.92 Å². The lowest BCUT2D eigenvalue weighted by Gasteiger charge is -2.25. The van der Waals surface area contributed by atoms with Gasteiger partial charge < -0.3 is 4.74 Å². The number of anilines is 2. The van der Waals surface area contributed by atoms with Gasteiger partial charge in [0, 0.05) is 12.4 Å². The summed E-state index contributed by atoms with van der Waals surface area (Å²) in [6, 6.07) is 5.96. The van der Waals surface area contributed by atoms with Crippen molar-refractivity contribution in [3.8, 4) is 5.75 Å². The van der Waals surface area contributed by atoms with Crippen molar-refractivity contribution in [3.63, 3.8) is 0 Å². The van der Waals surface area contributed by atoms with Crippen LogP contribution in [0, 0.1) is 11.8 Å². The number of carbonyl (C=O) groups excluding carboxylic acids is 2. The van der Waals surface area contributed by atoms with Gasteiger partial charge in [0.15, 0.2) is 0 Å². The second-order valence-electron chi connectivity index (χ2n) is 8.43. The molecule has 2 aromatic rings. The molecule has 4 rings (SSSR count). The standard InChI is InChI=1S/C22H22F3N3O3/c1-13(2)10-15-12-26-9-8-18(15)28-20(30)27(19(29)21(28)11-14(21)3)16-4-6-17(7-5-16)31-22(23,24)25/h4-9,12-14H,10-11H2,1-3H3. The average Bonchev–Trinajstić information content (AvgIpc) is 3.29. The molecule has 2 atom stereocenters. The molecule has 1 aromatic heterocycles. The van der Waals surface area contributed by atoms with Gasteiger partial charge in [-0.3, -0.25) is 14.7 Å². The molecule has 1 saturated carbocycles. The van der Waals surface area contributed by atoms with Crippen LogP contribution in [0.25, 0.3) is 0 Å². The van der Waals surface area contributed by atoms with Crippen LogP contribution in [0.1, 0.15) is 32.8 Å². The fourth-order valence-corrected chi connectivity index (χ4v) is 4.24. The Balaban J connectivity index is 1.71. The van der Waals surface area contributed by atoms with Gasteiger partial charge in [-0.05, 0) is 60.6 Å². The van der Waals surface area contributed by atoms with Gasteiger partial charge in [-0.2, -0.15) is 0 Å². The molecule has 3 amide bonds. The molecule has 164 valence electrons. The predicted octanol–water partition coefficient (Wildman–Crippen LogP) is 4.93. The van der Waals surface area contributed by atoms with Gasteiger partial charge in [-0.1, -0.05) is 20.8 Å². The highest BCUT2D eigenvalue weighted by Crippen LogP contribution is 2.56. The number of rotatable bonds is 5. The summed E-state index contributed by atoms with van der Waals surface area (Å²) in [5, 5.41) is 0. The normalized spacial score (nSPS) is 23.3. The predicted molar refractivity (Wildman–Crippen MR) is 108 cm³/mol. The van der Waals surface area contributed by atoms with Crippen molar-refractivity contribution in [2.24, 2.45) is 11.8 Å². The van der Waals surface area contributed by atoms with Crippen LogP contribution in [0.3, 0.4) is 0 Å². The number of halogens is 3. The maximum Gasteiger partial charge on any atom is 0.573 e. The maximum absolute atomic E-state index is 13.5. The summed E-state index contributed by atoms with van der Waals surface area (Å²) >= 11 is 0. The van der Waals surface area contributed by atoms with Gasteiger partial charge in [-0.15, -0.1) is 13.2 Å². The highest BCUT2D eigenvalue weighted by atomic mass is 19.4. The molecule has 1 saturated heterocycles. The molecule has 0 N–H and O–H groups in total. The third kappa shape index (κ3) is 3.62. The number of nitrogens with zero attached hydrogens (tertiary/aromatic N) is 3. The van der Waals surface area contributed by atoms with Crippen LogP contribution in [0.5, 0.6) is 5.75 Å². The second kappa shape index (κ2) is 7.25. The van der Waals surface area contributed by atoms with E-state index in [1.54, 1.807) is 23.4 Å². The lowest BCUT2D eigenvalue weighted by molar-refractivity contribution is -0.274. The van der Waals surface area contributed by atoms with E-state index in [0.29, 0.717) is 24.4 Å². The zero-order chi connectivity index (χ0) is 22.6. The molecule has 2 aliphatic rings. The Kier molecular flexibility index (Phi) is 4.94. The van der Waals surface area contributed by atoms with E-state index in [1.165, 1.54) is 12.1 Å². The number of urea groups is 1. The summed E-state index contributed by atoms with van der Waals surface area (Å²) in [6.07, 6.45) is -0.315. The number of alkyl halides is 3. The van der Waals surface area contributed by atoms with E-state index in [-0.39, 0.29) is 17.5 Å². The number of carbonyl (C=O) groups is 2. The highest BCUT2D eigenvalue weighted by Gasteiger charge is 2.70. The van der Waals surface area contributed by atoms with Gasteiger partial charge in [0.25, 0.3) is 5.91 Å². The Hall–Kier alpha value is -3.10. The number of hydrogen-bond donors (Lipinski definition) is 0. The Morgan fingerprint density at radius 3 is 2.39 bits per heavy atom. The molecule has 31 heavy (non-hydrogen) atoms. The Labute approximate surface area is 177 Å². The Bertz CT molecular complexity index is 1020. The molecule has 0 bridgehead atoms. The number of aromatic nitrogens is 1. The van der Waals surface area contributed by atoms with Gasteiger partial charge >= 0.3 is 12.4 Å². The lowest BCUT2D eigenvalue weighted by atomic mass is 10.0. The molecule has 0 radical (unpaired) electrons. The van der Waals surface area contributed by atoms with Crippen molar-refractivity contribution in [2.75, 3.05) is 9.80 Å². The number of amides is 3. The van der Waals surface area contributed by atoms with Crippen LogP contribution in [0.15, 0.2) is 42.7 Å². The molecule has 1 aliphatic heterocycles. The number of benzene rings is 1. The average molecular weight is 433 g/mol. The summed E-state index contributed by atoms with van der Waals surface area (Å²) in [7, 11) is 0. The minimum absolute atomic E-state index is 0.0400. The fourth-order valence-electron chi connectivity index (χ4n) is 4.24. The third-order valence-corrected chi connectivity index (χ3v) is 5.70. The van der Waals surface area contributed by atoms with Crippen LogP contribution in [-0.4, -0.2) is 28.8 Å². The van der Waals surface area contributed by atoms with Crippen LogP contribution in [0.2, 0.25) is 0 Å². The summed E-state index contributed by atoms with van der Waals surface area (Å²) in [5.41, 5.74) is 0.731. The van der Waals surface area contributed by atoms with Crippen molar-refractivity contribution in [1.82, 2.24) is 4.98 Å².